The molecular formula is C17H23F3N4O3. The van der Waals surface area contributed by atoms with Crippen molar-refractivity contribution in [3.05, 3.63) is 18.1 Å². The van der Waals surface area contributed by atoms with Gasteiger partial charge in [-0.05, 0) is 27.7 Å². The van der Waals surface area contributed by atoms with Gasteiger partial charge in [-0.1, -0.05) is 0 Å². The lowest BCUT2D eigenvalue weighted by molar-refractivity contribution is -0.262. The van der Waals surface area contributed by atoms with Gasteiger partial charge in [-0.15, -0.1) is 5.10 Å². The molecule has 0 unspecified atom stereocenters. The van der Waals surface area contributed by atoms with E-state index in [1.54, 1.807) is 31.5 Å². The number of nitrogens with zero attached hydrogens (tertiary/aromatic N) is 4. The van der Waals surface area contributed by atoms with Crippen LogP contribution in [0.15, 0.2) is 12.3 Å². The Morgan fingerprint density at radius 1 is 1.22 bits per heavy atom. The summed E-state index contributed by atoms with van der Waals surface area (Å²) in [5, 5.41) is 24.1. The molecule has 3 rings (SSSR count). The highest BCUT2D eigenvalue weighted by Gasteiger charge is 2.55. The number of alkyl halides is 3. The molecule has 0 fully saturated rings. The number of aliphatic hydroxyl groups is 2. The summed E-state index contributed by atoms with van der Waals surface area (Å²) >= 11 is 0. The van der Waals surface area contributed by atoms with E-state index < -0.39 is 23.2 Å². The largest absolute Gasteiger partial charge is 0.476 e. The van der Waals surface area contributed by atoms with E-state index >= 15 is 0 Å². The molecule has 2 aromatic rings. The van der Waals surface area contributed by atoms with Crippen molar-refractivity contribution in [2.24, 2.45) is 0 Å². The minimum absolute atomic E-state index is 0.253. The van der Waals surface area contributed by atoms with Crippen molar-refractivity contribution in [2.75, 3.05) is 6.61 Å². The van der Waals surface area contributed by atoms with E-state index in [2.05, 4.69) is 10.1 Å². The van der Waals surface area contributed by atoms with E-state index in [0.29, 0.717) is 37.2 Å². The summed E-state index contributed by atoms with van der Waals surface area (Å²) in [6, 6.07) is 1.23. The number of hydrogen-bond acceptors (Lipinski definition) is 5. The molecule has 0 aromatic carbocycles. The van der Waals surface area contributed by atoms with Crippen LogP contribution in [-0.2, 0) is 12.1 Å². The number of aromatic nitrogens is 4. The van der Waals surface area contributed by atoms with Gasteiger partial charge in [0.25, 0.3) is 0 Å². The fraction of sp³-hybridized carbons (Fsp3) is 0.647. The number of imidazole rings is 1. The molecule has 1 aliphatic heterocycles. The predicted octanol–water partition coefficient (Wildman–Crippen LogP) is 2.63. The maximum atomic E-state index is 13.3. The van der Waals surface area contributed by atoms with E-state index in [0.717, 1.165) is 0 Å². The normalized spacial score (nSPS) is 19.4. The van der Waals surface area contributed by atoms with Gasteiger partial charge in [-0.25, -0.2) is 4.98 Å². The molecule has 10 heteroatoms. The number of hydrogen-bond donors (Lipinski definition) is 2. The molecule has 150 valence electrons. The highest BCUT2D eigenvalue weighted by molar-refractivity contribution is 5.58. The van der Waals surface area contributed by atoms with E-state index in [9.17, 15) is 23.4 Å². The average molecular weight is 388 g/mol. The number of fused-ring (bicyclic) bond motifs is 3. The smallest absolute Gasteiger partial charge is 0.424 e. The van der Waals surface area contributed by atoms with Gasteiger partial charge in [0, 0.05) is 12.5 Å². The molecule has 0 saturated carbocycles. The average Bonchev–Trinajstić information content (AvgIpc) is 3.08. The number of halogens is 3. The molecule has 3 heterocycles. The van der Waals surface area contributed by atoms with Gasteiger partial charge in [0.05, 0.1) is 42.4 Å². The summed E-state index contributed by atoms with van der Waals surface area (Å²) in [5.41, 5.74) is -2.95. The minimum Gasteiger partial charge on any atom is -0.476 e. The fourth-order valence-corrected chi connectivity index (χ4v) is 3.03. The van der Waals surface area contributed by atoms with Crippen molar-refractivity contribution in [3.8, 4) is 17.3 Å². The van der Waals surface area contributed by atoms with E-state index in [1.165, 1.54) is 10.8 Å². The lowest BCUT2D eigenvalue weighted by Crippen LogP contribution is -2.42. The highest BCUT2D eigenvalue weighted by atomic mass is 19.4. The van der Waals surface area contributed by atoms with Gasteiger partial charge in [0.15, 0.2) is 5.82 Å². The maximum Gasteiger partial charge on any atom is 0.424 e. The Labute approximate surface area is 154 Å². The lowest BCUT2D eigenvalue weighted by atomic mass is 10.0. The van der Waals surface area contributed by atoms with Crippen molar-refractivity contribution >= 4 is 0 Å². The molecule has 2 aromatic heterocycles. The summed E-state index contributed by atoms with van der Waals surface area (Å²) in [4.78, 5) is 3.87. The molecule has 0 bridgehead atoms. The summed E-state index contributed by atoms with van der Waals surface area (Å²) in [5.74, 6) is -0.130. The second-order valence-electron chi connectivity index (χ2n) is 7.72. The Morgan fingerprint density at radius 2 is 1.89 bits per heavy atom. The Morgan fingerprint density at radius 3 is 2.48 bits per heavy atom. The fourth-order valence-electron chi connectivity index (χ4n) is 3.03. The van der Waals surface area contributed by atoms with E-state index in [-0.39, 0.29) is 12.6 Å². The predicted molar refractivity (Wildman–Crippen MR) is 90.2 cm³/mol. The number of rotatable bonds is 5. The molecule has 7 nitrogen and oxygen atoms in total. The Kier molecular flexibility index (Phi) is 4.54. The van der Waals surface area contributed by atoms with Crippen LogP contribution in [-0.4, -0.2) is 47.9 Å². The number of ether oxygens (including phenoxy) is 1. The SMILES string of the molecule is C[C@H]1Cn2nc(OCCC(C)(C)O)cc2-c2cnc([C@@](C)(O)C(F)(F)F)n21. The standard InChI is InChI=1S/C17H23F3N4O3/c1-10-9-23-11(7-13(22-23)27-6-5-15(2,3)25)12-8-21-14(24(10)12)16(4,26)17(18,19)20/h7-8,10,25-26H,5-6,9H2,1-4H3/t10-,16+/m0/s1. The van der Waals surface area contributed by atoms with Crippen LogP contribution in [0.25, 0.3) is 11.4 Å². The van der Waals surface area contributed by atoms with Crippen molar-refractivity contribution in [2.45, 2.75) is 64.1 Å². The van der Waals surface area contributed by atoms with Crippen LogP contribution in [0.1, 0.15) is 46.0 Å². The molecule has 0 spiro atoms. The summed E-state index contributed by atoms with van der Waals surface area (Å²) in [6.07, 6.45) is -3.14. The van der Waals surface area contributed by atoms with Crippen LogP contribution < -0.4 is 4.74 Å². The third-order valence-corrected chi connectivity index (χ3v) is 4.65. The van der Waals surface area contributed by atoms with Crippen LogP contribution in [0.3, 0.4) is 0 Å². The van der Waals surface area contributed by atoms with Crippen molar-refractivity contribution in [1.82, 2.24) is 19.3 Å². The van der Waals surface area contributed by atoms with Crippen LogP contribution >= 0.6 is 0 Å². The molecule has 2 N–H and O–H groups in total. The van der Waals surface area contributed by atoms with Gasteiger partial charge in [-0.3, -0.25) is 4.68 Å². The third-order valence-electron chi connectivity index (χ3n) is 4.65. The first-order valence-electron chi connectivity index (χ1n) is 8.61. The zero-order chi connectivity index (χ0) is 20.2. The molecule has 1 aliphatic rings. The molecule has 0 aliphatic carbocycles. The van der Waals surface area contributed by atoms with Crippen molar-refractivity contribution in [3.63, 3.8) is 0 Å². The molecule has 0 saturated heterocycles. The van der Waals surface area contributed by atoms with Crippen LogP contribution in [0.5, 0.6) is 5.88 Å². The Hall–Kier alpha value is -2.07. The van der Waals surface area contributed by atoms with Crippen LogP contribution in [0, 0.1) is 0 Å². The third kappa shape index (κ3) is 3.55. The Bertz CT molecular complexity index is 834. The molecule has 2 atom stereocenters. The highest BCUT2D eigenvalue weighted by Crippen LogP contribution is 2.42. The summed E-state index contributed by atoms with van der Waals surface area (Å²) in [6.45, 7) is 6.34. The van der Waals surface area contributed by atoms with E-state index in [4.69, 9.17) is 4.74 Å². The first-order valence-corrected chi connectivity index (χ1v) is 8.61. The van der Waals surface area contributed by atoms with Gasteiger partial charge in [0.1, 0.15) is 0 Å². The lowest BCUT2D eigenvalue weighted by Gasteiger charge is -2.31. The molecule has 0 amide bonds. The topological polar surface area (TPSA) is 85.3 Å². The first-order chi connectivity index (χ1) is 12.3. The summed E-state index contributed by atoms with van der Waals surface area (Å²) < 4.78 is 48.4. The maximum absolute atomic E-state index is 13.3. The van der Waals surface area contributed by atoms with Gasteiger partial charge in [0.2, 0.25) is 11.5 Å². The molecule has 27 heavy (non-hydrogen) atoms. The van der Waals surface area contributed by atoms with Gasteiger partial charge >= 0.3 is 6.18 Å². The Balaban J connectivity index is 1.93. The van der Waals surface area contributed by atoms with Crippen molar-refractivity contribution in [1.29, 1.82) is 0 Å². The zero-order valence-electron chi connectivity index (χ0n) is 15.6. The van der Waals surface area contributed by atoms with Gasteiger partial charge in [-0.2, -0.15) is 13.2 Å². The van der Waals surface area contributed by atoms with Crippen molar-refractivity contribution < 1.29 is 28.1 Å². The monoisotopic (exact) mass is 388 g/mol. The summed E-state index contributed by atoms with van der Waals surface area (Å²) in [7, 11) is 0. The first kappa shape index (κ1) is 19.7. The quantitative estimate of drug-likeness (QED) is 0.823. The molecule has 0 radical (unpaired) electrons. The second kappa shape index (κ2) is 6.23. The second-order valence-corrected chi connectivity index (χ2v) is 7.72. The zero-order valence-corrected chi connectivity index (χ0v) is 15.6. The van der Waals surface area contributed by atoms with Crippen LogP contribution in [0.2, 0.25) is 0 Å². The molecular weight excluding hydrogens is 365 g/mol. The van der Waals surface area contributed by atoms with Crippen LogP contribution in [0.4, 0.5) is 13.2 Å². The van der Waals surface area contributed by atoms with E-state index in [1.807, 2.05) is 0 Å². The van der Waals surface area contributed by atoms with Gasteiger partial charge < -0.3 is 19.5 Å². The minimum atomic E-state index is -4.85.